The molecule has 0 spiro atoms. The smallest absolute Gasteiger partial charge is 0.320 e. The Labute approximate surface area is 165 Å². The summed E-state index contributed by atoms with van der Waals surface area (Å²) in [6.45, 7) is 8.49. The van der Waals surface area contributed by atoms with Crippen LogP contribution in [0, 0.1) is 19.8 Å². The monoisotopic (exact) mass is 387 g/mol. The lowest BCUT2D eigenvalue weighted by Crippen LogP contribution is -2.41. The summed E-state index contributed by atoms with van der Waals surface area (Å²) in [4.78, 5) is 27.4. The Morgan fingerprint density at radius 2 is 1.86 bits per heavy atom. The number of carboxylic acids is 2. The van der Waals surface area contributed by atoms with Gasteiger partial charge in [-0.05, 0) is 42.9 Å². The first-order chi connectivity index (χ1) is 13.2. The molecule has 7 heteroatoms. The normalized spacial score (nSPS) is 13.5. The molecule has 3 N–H and O–H groups in total. The number of rotatable bonds is 10. The number of aryl methyl sites for hydroxylation is 2. The number of nitrogens with zero attached hydrogens (tertiary/aromatic N) is 2. The second-order valence-electron chi connectivity index (χ2n) is 7.68. The van der Waals surface area contributed by atoms with E-state index < -0.39 is 23.9 Å². The zero-order valence-corrected chi connectivity index (χ0v) is 16.8. The SMILES string of the molecule is Cc1ccc(Cn2cncc2C(CNC(CC(C)C)C(=O)O)C(=O)O)cc1C. The summed E-state index contributed by atoms with van der Waals surface area (Å²) in [7, 11) is 0. The minimum atomic E-state index is -1.01. The van der Waals surface area contributed by atoms with E-state index in [4.69, 9.17) is 0 Å². The Hall–Kier alpha value is -2.67. The van der Waals surface area contributed by atoms with Crippen LogP contribution in [0.1, 0.15) is 48.6 Å². The third-order valence-electron chi connectivity index (χ3n) is 4.90. The average molecular weight is 387 g/mol. The number of aliphatic carboxylic acids is 2. The van der Waals surface area contributed by atoms with E-state index in [1.165, 1.54) is 11.1 Å². The average Bonchev–Trinajstić information content (AvgIpc) is 3.04. The molecule has 0 aliphatic heterocycles. The summed E-state index contributed by atoms with van der Waals surface area (Å²) in [5, 5.41) is 22.0. The lowest BCUT2D eigenvalue weighted by atomic mass is 10.0. The predicted octanol–water partition coefficient (Wildman–Crippen LogP) is 2.81. The molecule has 1 aromatic heterocycles. The summed E-state index contributed by atoms with van der Waals surface area (Å²) in [5.41, 5.74) is 3.98. The van der Waals surface area contributed by atoms with Crippen LogP contribution < -0.4 is 5.32 Å². The lowest BCUT2D eigenvalue weighted by Gasteiger charge is -2.20. The van der Waals surface area contributed by atoms with Crippen LogP contribution in [-0.2, 0) is 16.1 Å². The highest BCUT2D eigenvalue weighted by atomic mass is 16.4. The van der Waals surface area contributed by atoms with Crippen LogP contribution in [0.2, 0.25) is 0 Å². The molecule has 1 aromatic carbocycles. The van der Waals surface area contributed by atoms with Gasteiger partial charge in [-0.1, -0.05) is 32.0 Å². The molecule has 0 saturated carbocycles. The maximum atomic E-state index is 11.9. The fraction of sp³-hybridized carbons (Fsp3) is 0.476. The molecule has 0 aliphatic rings. The Morgan fingerprint density at radius 3 is 2.43 bits per heavy atom. The van der Waals surface area contributed by atoms with E-state index in [2.05, 4.69) is 16.4 Å². The van der Waals surface area contributed by atoms with Gasteiger partial charge in [0, 0.05) is 19.3 Å². The molecule has 7 nitrogen and oxygen atoms in total. The van der Waals surface area contributed by atoms with Crippen molar-refractivity contribution in [2.75, 3.05) is 6.54 Å². The summed E-state index contributed by atoms with van der Waals surface area (Å²) < 4.78 is 1.81. The second-order valence-corrected chi connectivity index (χ2v) is 7.68. The largest absolute Gasteiger partial charge is 0.481 e. The van der Waals surface area contributed by atoms with Gasteiger partial charge in [0.25, 0.3) is 0 Å². The van der Waals surface area contributed by atoms with E-state index >= 15 is 0 Å². The Morgan fingerprint density at radius 1 is 1.14 bits per heavy atom. The van der Waals surface area contributed by atoms with Crippen molar-refractivity contribution in [3.63, 3.8) is 0 Å². The molecule has 2 atom stereocenters. The first-order valence-electron chi connectivity index (χ1n) is 9.44. The molecule has 152 valence electrons. The van der Waals surface area contributed by atoms with Crippen molar-refractivity contribution < 1.29 is 19.8 Å². The molecular formula is C21H29N3O4. The van der Waals surface area contributed by atoms with Crippen LogP contribution in [0.4, 0.5) is 0 Å². The van der Waals surface area contributed by atoms with E-state index in [9.17, 15) is 19.8 Å². The van der Waals surface area contributed by atoms with Crippen molar-refractivity contribution >= 4 is 11.9 Å². The van der Waals surface area contributed by atoms with Crippen molar-refractivity contribution in [2.24, 2.45) is 5.92 Å². The predicted molar refractivity (Wildman–Crippen MR) is 107 cm³/mol. The molecular weight excluding hydrogens is 358 g/mol. The van der Waals surface area contributed by atoms with Gasteiger partial charge >= 0.3 is 11.9 Å². The summed E-state index contributed by atoms with van der Waals surface area (Å²) in [6, 6.07) is 5.36. The first-order valence-corrected chi connectivity index (χ1v) is 9.44. The number of carboxylic acid groups (broad SMARTS) is 2. The third-order valence-corrected chi connectivity index (χ3v) is 4.90. The van der Waals surface area contributed by atoms with Crippen LogP contribution in [0.25, 0.3) is 0 Å². The van der Waals surface area contributed by atoms with Crippen molar-refractivity contribution in [1.29, 1.82) is 0 Å². The van der Waals surface area contributed by atoms with Gasteiger partial charge in [-0.3, -0.25) is 9.59 Å². The maximum absolute atomic E-state index is 11.9. The minimum Gasteiger partial charge on any atom is -0.481 e. The van der Waals surface area contributed by atoms with Gasteiger partial charge in [-0.2, -0.15) is 0 Å². The van der Waals surface area contributed by atoms with Crippen LogP contribution in [0.5, 0.6) is 0 Å². The van der Waals surface area contributed by atoms with E-state index in [0.29, 0.717) is 18.7 Å². The van der Waals surface area contributed by atoms with Gasteiger partial charge in [-0.15, -0.1) is 0 Å². The zero-order valence-electron chi connectivity index (χ0n) is 16.8. The van der Waals surface area contributed by atoms with Crippen molar-refractivity contribution in [1.82, 2.24) is 14.9 Å². The van der Waals surface area contributed by atoms with Crippen LogP contribution in [-0.4, -0.2) is 44.3 Å². The number of carbonyl (C=O) groups is 2. The number of nitrogens with one attached hydrogen (secondary N) is 1. The molecule has 0 radical (unpaired) electrons. The molecule has 0 aliphatic carbocycles. The highest BCUT2D eigenvalue weighted by Gasteiger charge is 2.27. The number of hydrogen-bond acceptors (Lipinski definition) is 4. The minimum absolute atomic E-state index is 0.0254. The molecule has 0 amide bonds. The van der Waals surface area contributed by atoms with Crippen molar-refractivity contribution in [2.45, 2.75) is 52.6 Å². The van der Waals surface area contributed by atoms with Crippen LogP contribution >= 0.6 is 0 Å². The highest BCUT2D eigenvalue weighted by Crippen LogP contribution is 2.19. The van der Waals surface area contributed by atoms with Crippen molar-refractivity contribution in [3.05, 3.63) is 53.1 Å². The molecule has 0 fully saturated rings. The second kappa shape index (κ2) is 9.50. The van der Waals surface area contributed by atoms with Crippen LogP contribution in [0.3, 0.4) is 0 Å². The molecule has 28 heavy (non-hydrogen) atoms. The van der Waals surface area contributed by atoms with Gasteiger partial charge in [0.1, 0.15) is 12.0 Å². The Bertz CT molecular complexity index is 829. The van der Waals surface area contributed by atoms with Gasteiger partial charge in [-0.25, -0.2) is 4.98 Å². The van der Waals surface area contributed by atoms with E-state index in [1.54, 1.807) is 12.5 Å². The fourth-order valence-electron chi connectivity index (χ4n) is 3.17. The number of imidazole rings is 1. The first kappa shape index (κ1) is 21.6. The molecule has 1 heterocycles. The summed E-state index contributed by atoms with van der Waals surface area (Å²) >= 11 is 0. The lowest BCUT2D eigenvalue weighted by molar-refractivity contribution is -0.142. The summed E-state index contributed by atoms with van der Waals surface area (Å²) in [5.74, 6) is -2.68. The van der Waals surface area contributed by atoms with E-state index in [0.717, 1.165) is 5.56 Å². The Kier molecular flexibility index (Phi) is 7.34. The Balaban J connectivity index is 2.18. The third kappa shape index (κ3) is 5.66. The van der Waals surface area contributed by atoms with E-state index in [-0.39, 0.29) is 12.5 Å². The van der Waals surface area contributed by atoms with E-state index in [1.807, 2.05) is 44.4 Å². The quantitative estimate of drug-likeness (QED) is 0.579. The molecule has 2 unspecified atom stereocenters. The number of aromatic nitrogens is 2. The number of hydrogen-bond donors (Lipinski definition) is 3. The summed E-state index contributed by atoms with van der Waals surface area (Å²) in [6.07, 6.45) is 3.59. The van der Waals surface area contributed by atoms with Gasteiger partial charge in [0.15, 0.2) is 0 Å². The van der Waals surface area contributed by atoms with Crippen molar-refractivity contribution in [3.8, 4) is 0 Å². The van der Waals surface area contributed by atoms with Gasteiger partial charge in [0.2, 0.25) is 0 Å². The molecule has 0 saturated heterocycles. The highest BCUT2D eigenvalue weighted by molar-refractivity contribution is 5.76. The fourth-order valence-corrected chi connectivity index (χ4v) is 3.17. The zero-order chi connectivity index (χ0) is 20.8. The molecule has 0 bridgehead atoms. The number of benzene rings is 1. The molecule has 2 rings (SSSR count). The molecule has 2 aromatic rings. The van der Waals surface area contributed by atoms with Gasteiger partial charge in [0.05, 0.1) is 12.0 Å². The topological polar surface area (TPSA) is 104 Å². The van der Waals surface area contributed by atoms with Gasteiger partial charge < -0.3 is 20.1 Å². The standard InChI is InChI=1S/C21H29N3O4/c1-13(2)7-18(21(27)28)23-9-17(20(25)26)19-10-22-12-24(19)11-16-6-5-14(3)15(4)8-16/h5-6,8,10,12-13,17-18,23H,7,9,11H2,1-4H3,(H,25,26)(H,27,28). The maximum Gasteiger partial charge on any atom is 0.320 e. The van der Waals surface area contributed by atoms with Crippen LogP contribution in [0.15, 0.2) is 30.7 Å².